The normalized spacial score (nSPS) is 17.7. The molecule has 2 heterocycles. The zero-order valence-electron chi connectivity index (χ0n) is 15.1. The van der Waals surface area contributed by atoms with Crippen LogP contribution in [0.15, 0.2) is 0 Å². The van der Waals surface area contributed by atoms with Crippen LogP contribution in [-0.2, 0) is 22.6 Å². The van der Waals surface area contributed by atoms with Crippen molar-refractivity contribution in [2.75, 3.05) is 13.7 Å². The zero-order chi connectivity index (χ0) is 17.7. The maximum Gasteiger partial charge on any atom is 0.410 e. The van der Waals surface area contributed by atoms with Crippen molar-refractivity contribution in [3.63, 3.8) is 0 Å². The van der Waals surface area contributed by atoms with Crippen LogP contribution in [0, 0.1) is 13.8 Å². The zero-order valence-corrected chi connectivity index (χ0v) is 15.1. The number of rotatable bonds is 5. The van der Waals surface area contributed by atoms with Gasteiger partial charge in [0.05, 0.1) is 12.8 Å². The Balaban J connectivity index is 2.03. The van der Waals surface area contributed by atoms with Gasteiger partial charge in [-0.05, 0) is 39.5 Å². The summed E-state index contributed by atoms with van der Waals surface area (Å²) in [5, 5.41) is 7.50. The predicted octanol–water partition coefficient (Wildman–Crippen LogP) is 2.15. The number of carbonyl (C=O) groups is 2. The predicted molar refractivity (Wildman–Crippen MR) is 90.6 cm³/mol. The number of nitrogens with zero attached hydrogens (tertiary/aromatic N) is 3. The number of nitrogens with one attached hydrogen (secondary N) is 1. The van der Waals surface area contributed by atoms with Gasteiger partial charge in [0, 0.05) is 30.9 Å². The summed E-state index contributed by atoms with van der Waals surface area (Å²) < 4.78 is 6.78. The molecule has 1 N–H and O–H groups in total. The third-order valence-corrected chi connectivity index (χ3v) is 4.62. The smallest absolute Gasteiger partial charge is 0.410 e. The molecule has 2 rings (SSSR count). The molecule has 0 saturated carbocycles. The molecule has 0 aliphatic carbocycles. The molecule has 7 nitrogen and oxygen atoms in total. The average Bonchev–Trinajstić information content (AvgIpc) is 2.86. The van der Waals surface area contributed by atoms with E-state index < -0.39 is 12.1 Å². The number of aryl methyl sites for hydroxylation is 2. The maximum atomic E-state index is 12.6. The Labute approximate surface area is 143 Å². The van der Waals surface area contributed by atoms with Gasteiger partial charge in [-0.1, -0.05) is 6.92 Å². The Hall–Kier alpha value is -2.05. The molecule has 1 fully saturated rings. The topological polar surface area (TPSA) is 76.5 Å². The molecule has 7 heteroatoms. The van der Waals surface area contributed by atoms with Gasteiger partial charge in [0.25, 0.3) is 0 Å². The lowest BCUT2D eigenvalue weighted by Crippen LogP contribution is -2.51. The summed E-state index contributed by atoms with van der Waals surface area (Å²) in [5.41, 5.74) is 3.08. The number of aromatic nitrogens is 2. The molecular weight excluding hydrogens is 308 g/mol. The summed E-state index contributed by atoms with van der Waals surface area (Å²) >= 11 is 0. The van der Waals surface area contributed by atoms with Gasteiger partial charge in [-0.15, -0.1) is 0 Å². The Morgan fingerprint density at radius 1 is 1.33 bits per heavy atom. The molecule has 1 saturated heterocycles. The molecule has 0 aromatic carbocycles. The minimum atomic E-state index is -0.447. The Kier molecular flexibility index (Phi) is 6.23. The Bertz CT molecular complexity index is 597. The molecule has 24 heavy (non-hydrogen) atoms. The number of hydrogen-bond donors (Lipinski definition) is 1. The van der Waals surface area contributed by atoms with E-state index in [9.17, 15) is 9.59 Å². The van der Waals surface area contributed by atoms with Crippen molar-refractivity contribution >= 4 is 12.0 Å². The van der Waals surface area contributed by atoms with Gasteiger partial charge in [-0.2, -0.15) is 5.10 Å². The van der Waals surface area contributed by atoms with Crippen LogP contribution in [0.1, 0.15) is 49.6 Å². The van der Waals surface area contributed by atoms with E-state index in [0.29, 0.717) is 19.5 Å². The molecule has 2 amide bonds. The Morgan fingerprint density at radius 3 is 2.75 bits per heavy atom. The van der Waals surface area contributed by atoms with Crippen LogP contribution in [-0.4, -0.2) is 46.4 Å². The van der Waals surface area contributed by atoms with E-state index in [0.717, 1.165) is 42.8 Å². The first-order valence-electron chi connectivity index (χ1n) is 8.64. The molecule has 0 bridgehead atoms. The molecule has 1 aromatic rings. The van der Waals surface area contributed by atoms with E-state index in [1.165, 1.54) is 12.0 Å². The quantitative estimate of drug-likeness (QED) is 0.894. The lowest BCUT2D eigenvalue weighted by atomic mass is 10.0. The highest BCUT2D eigenvalue weighted by Gasteiger charge is 2.32. The summed E-state index contributed by atoms with van der Waals surface area (Å²) in [6, 6.07) is -0.447. The fraction of sp³-hybridized carbons (Fsp3) is 0.706. The first kappa shape index (κ1) is 18.3. The number of piperidine rings is 1. The second kappa shape index (κ2) is 8.17. The number of likely N-dealkylation sites (tertiary alicyclic amines) is 1. The number of methoxy groups -OCH3 is 1. The van der Waals surface area contributed by atoms with Gasteiger partial charge in [0.2, 0.25) is 5.91 Å². The van der Waals surface area contributed by atoms with Gasteiger partial charge in [0.15, 0.2) is 0 Å². The fourth-order valence-electron chi connectivity index (χ4n) is 3.25. The third-order valence-electron chi connectivity index (χ3n) is 4.62. The SMILES string of the molecule is CCCn1nc(C)c(CNC(=O)C2CCCCN2C(=O)OC)c1C. The van der Waals surface area contributed by atoms with E-state index in [2.05, 4.69) is 17.3 Å². The van der Waals surface area contributed by atoms with Gasteiger partial charge in [-0.25, -0.2) is 4.79 Å². The van der Waals surface area contributed by atoms with Crippen molar-refractivity contribution in [1.82, 2.24) is 20.0 Å². The molecular formula is C17H28N4O3. The first-order chi connectivity index (χ1) is 11.5. The second-order valence-corrected chi connectivity index (χ2v) is 6.27. The monoisotopic (exact) mass is 336 g/mol. The fourth-order valence-corrected chi connectivity index (χ4v) is 3.25. The summed E-state index contributed by atoms with van der Waals surface area (Å²) in [6.45, 7) is 7.98. The number of ether oxygens (including phenoxy) is 1. The van der Waals surface area contributed by atoms with Gasteiger partial charge in [0.1, 0.15) is 6.04 Å². The molecule has 1 unspecified atom stereocenters. The van der Waals surface area contributed by atoms with Crippen molar-refractivity contribution in [2.45, 2.75) is 65.6 Å². The van der Waals surface area contributed by atoms with Crippen LogP contribution >= 0.6 is 0 Å². The van der Waals surface area contributed by atoms with E-state index in [-0.39, 0.29) is 5.91 Å². The molecule has 134 valence electrons. The first-order valence-corrected chi connectivity index (χ1v) is 8.64. The van der Waals surface area contributed by atoms with Crippen LogP contribution in [0.4, 0.5) is 4.79 Å². The molecule has 1 aliphatic heterocycles. The minimum Gasteiger partial charge on any atom is -0.453 e. The third kappa shape index (κ3) is 3.88. The Morgan fingerprint density at radius 2 is 2.08 bits per heavy atom. The van der Waals surface area contributed by atoms with E-state index in [4.69, 9.17) is 4.74 Å². The van der Waals surface area contributed by atoms with E-state index in [1.807, 2.05) is 18.5 Å². The van der Waals surface area contributed by atoms with Crippen molar-refractivity contribution in [2.24, 2.45) is 0 Å². The largest absolute Gasteiger partial charge is 0.453 e. The average molecular weight is 336 g/mol. The molecule has 1 aromatic heterocycles. The van der Waals surface area contributed by atoms with Crippen LogP contribution in [0.3, 0.4) is 0 Å². The number of amides is 2. The maximum absolute atomic E-state index is 12.6. The lowest BCUT2D eigenvalue weighted by Gasteiger charge is -2.33. The van der Waals surface area contributed by atoms with Crippen LogP contribution in [0.5, 0.6) is 0 Å². The molecule has 1 aliphatic rings. The highest BCUT2D eigenvalue weighted by Crippen LogP contribution is 2.19. The molecule has 0 radical (unpaired) electrons. The summed E-state index contributed by atoms with van der Waals surface area (Å²) in [4.78, 5) is 25.9. The summed E-state index contributed by atoms with van der Waals surface area (Å²) in [7, 11) is 1.35. The molecule has 1 atom stereocenters. The van der Waals surface area contributed by atoms with E-state index >= 15 is 0 Å². The molecule has 0 spiro atoms. The highest BCUT2D eigenvalue weighted by molar-refractivity contribution is 5.85. The standard InChI is InChI=1S/C17H28N4O3/c1-5-9-21-13(3)14(12(2)19-21)11-18-16(22)15-8-6-7-10-20(15)17(23)24-4/h15H,5-11H2,1-4H3,(H,18,22). The van der Waals surface area contributed by atoms with Crippen molar-refractivity contribution in [1.29, 1.82) is 0 Å². The van der Waals surface area contributed by atoms with Crippen molar-refractivity contribution < 1.29 is 14.3 Å². The van der Waals surface area contributed by atoms with Crippen molar-refractivity contribution in [3.05, 3.63) is 17.0 Å². The lowest BCUT2D eigenvalue weighted by molar-refractivity contribution is -0.127. The summed E-state index contributed by atoms with van der Waals surface area (Å²) in [6.07, 6.45) is 3.11. The van der Waals surface area contributed by atoms with Crippen LogP contribution in [0.2, 0.25) is 0 Å². The van der Waals surface area contributed by atoms with Crippen LogP contribution in [0.25, 0.3) is 0 Å². The van der Waals surface area contributed by atoms with E-state index in [1.54, 1.807) is 0 Å². The minimum absolute atomic E-state index is 0.123. The van der Waals surface area contributed by atoms with Crippen molar-refractivity contribution in [3.8, 4) is 0 Å². The number of hydrogen-bond acceptors (Lipinski definition) is 4. The number of carbonyl (C=O) groups excluding carboxylic acids is 2. The van der Waals surface area contributed by atoms with Gasteiger partial charge < -0.3 is 10.1 Å². The van der Waals surface area contributed by atoms with Crippen LogP contribution < -0.4 is 5.32 Å². The summed E-state index contributed by atoms with van der Waals surface area (Å²) in [5.74, 6) is -0.123. The van der Waals surface area contributed by atoms with Gasteiger partial charge in [-0.3, -0.25) is 14.4 Å². The highest BCUT2D eigenvalue weighted by atomic mass is 16.5. The van der Waals surface area contributed by atoms with Gasteiger partial charge >= 0.3 is 6.09 Å². The second-order valence-electron chi connectivity index (χ2n) is 6.27.